The van der Waals surface area contributed by atoms with E-state index >= 15 is 0 Å². The normalized spacial score (nSPS) is 12.6. The van der Waals surface area contributed by atoms with Gasteiger partial charge < -0.3 is 5.73 Å². The van der Waals surface area contributed by atoms with Crippen molar-refractivity contribution < 1.29 is 4.79 Å². The lowest BCUT2D eigenvalue weighted by Crippen LogP contribution is -2.42. The fraction of sp³-hybridized carbons (Fsp3) is 0.462. The Morgan fingerprint density at radius 2 is 2.06 bits per heavy atom. The van der Waals surface area contributed by atoms with Gasteiger partial charge in [0.15, 0.2) is 0 Å². The molecule has 1 aromatic carbocycles. The minimum atomic E-state index is -0.238. The molecule has 0 aliphatic heterocycles. The second-order valence-electron chi connectivity index (χ2n) is 4.10. The van der Waals surface area contributed by atoms with Crippen molar-refractivity contribution in [2.75, 3.05) is 19.1 Å². The van der Waals surface area contributed by atoms with E-state index in [0.717, 1.165) is 18.7 Å². The third kappa shape index (κ3) is 4.79. The maximum Gasteiger partial charge on any atom is 0.234 e. The number of hydrogen-bond acceptors (Lipinski definition) is 3. The third-order valence-corrected chi connectivity index (χ3v) is 3.37. The zero-order chi connectivity index (χ0) is 12.7. The molecule has 1 rings (SSSR count). The number of benzene rings is 1. The molecular formula is C13H20N2OS. The Morgan fingerprint density at radius 1 is 1.41 bits per heavy atom. The van der Waals surface area contributed by atoms with E-state index in [1.807, 2.05) is 36.4 Å². The number of amides is 1. The van der Waals surface area contributed by atoms with Crippen LogP contribution in [-0.2, 0) is 11.3 Å². The summed E-state index contributed by atoms with van der Waals surface area (Å²) in [5.74, 6) is 0.713. The van der Waals surface area contributed by atoms with E-state index in [4.69, 9.17) is 5.73 Å². The maximum atomic E-state index is 11.4. The summed E-state index contributed by atoms with van der Waals surface area (Å²) in [6.07, 6.45) is 2.84. The summed E-state index contributed by atoms with van der Waals surface area (Å²) in [6.45, 7) is 0.753. The van der Waals surface area contributed by atoms with Crippen LogP contribution in [0.15, 0.2) is 30.3 Å². The molecule has 4 heteroatoms. The van der Waals surface area contributed by atoms with E-state index in [-0.39, 0.29) is 11.9 Å². The van der Waals surface area contributed by atoms with E-state index in [9.17, 15) is 4.79 Å². The number of carbonyl (C=O) groups excluding carboxylic acids is 1. The second kappa shape index (κ2) is 7.35. The Hall–Kier alpha value is -1.00. The molecule has 0 saturated carbocycles. The SMILES string of the molecule is CSCC[C@@H](C(N)=O)N(C)Cc1ccccc1. The first-order valence-corrected chi connectivity index (χ1v) is 7.07. The van der Waals surface area contributed by atoms with Crippen LogP contribution < -0.4 is 5.73 Å². The molecule has 94 valence electrons. The second-order valence-corrected chi connectivity index (χ2v) is 5.09. The van der Waals surface area contributed by atoms with E-state index < -0.39 is 0 Å². The number of carbonyl (C=O) groups is 1. The topological polar surface area (TPSA) is 46.3 Å². The van der Waals surface area contributed by atoms with Crippen LogP contribution in [0.1, 0.15) is 12.0 Å². The minimum Gasteiger partial charge on any atom is -0.368 e. The molecule has 0 saturated heterocycles. The van der Waals surface area contributed by atoms with Gasteiger partial charge in [-0.05, 0) is 31.0 Å². The predicted octanol–water partition coefficient (Wildman–Crippen LogP) is 1.73. The van der Waals surface area contributed by atoms with Gasteiger partial charge in [-0.2, -0.15) is 11.8 Å². The molecule has 1 amide bonds. The van der Waals surface area contributed by atoms with E-state index in [0.29, 0.717) is 0 Å². The molecule has 3 nitrogen and oxygen atoms in total. The van der Waals surface area contributed by atoms with Crippen molar-refractivity contribution >= 4 is 17.7 Å². The van der Waals surface area contributed by atoms with Crippen molar-refractivity contribution in [1.82, 2.24) is 4.90 Å². The molecule has 0 aromatic heterocycles. The van der Waals surface area contributed by atoms with Crippen LogP contribution in [0.5, 0.6) is 0 Å². The van der Waals surface area contributed by atoms with Gasteiger partial charge in [-0.1, -0.05) is 30.3 Å². The van der Waals surface area contributed by atoms with Gasteiger partial charge in [-0.25, -0.2) is 0 Å². The van der Waals surface area contributed by atoms with Crippen LogP contribution in [0.4, 0.5) is 0 Å². The largest absolute Gasteiger partial charge is 0.368 e. The number of primary amides is 1. The van der Waals surface area contributed by atoms with Gasteiger partial charge in [0.25, 0.3) is 0 Å². The lowest BCUT2D eigenvalue weighted by molar-refractivity contribution is -0.123. The molecule has 0 spiro atoms. The first-order chi connectivity index (χ1) is 8.15. The Kier molecular flexibility index (Phi) is 6.08. The number of rotatable bonds is 7. The van der Waals surface area contributed by atoms with Gasteiger partial charge in [0.1, 0.15) is 0 Å². The van der Waals surface area contributed by atoms with Gasteiger partial charge in [-0.3, -0.25) is 9.69 Å². The summed E-state index contributed by atoms with van der Waals surface area (Å²) in [7, 11) is 1.95. The van der Waals surface area contributed by atoms with Crippen LogP contribution in [0.3, 0.4) is 0 Å². The molecule has 1 atom stereocenters. The maximum absolute atomic E-state index is 11.4. The summed E-state index contributed by atoms with van der Waals surface area (Å²) in [5.41, 5.74) is 6.64. The number of nitrogens with two attached hydrogens (primary N) is 1. The van der Waals surface area contributed by atoms with Crippen molar-refractivity contribution in [2.45, 2.75) is 19.0 Å². The first kappa shape index (κ1) is 14.1. The smallest absolute Gasteiger partial charge is 0.234 e. The molecule has 17 heavy (non-hydrogen) atoms. The van der Waals surface area contributed by atoms with Crippen molar-refractivity contribution in [2.24, 2.45) is 5.73 Å². The van der Waals surface area contributed by atoms with Crippen LogP contribution in [0.2, 0.25) is 0 Å². The highest BCUT2D eigenvalue weighted by Gasteiger charge is 2.19. The molecular weight excluding hydrogens is 232 g/mol. The number of likely N-dealkylation sites (N-methyl/N-ethyl adjacent to an activating group) is 1. The standard InChI is InChI=1S/C13H20N2OS/c1-15(10-11-6-4-3-5-7-11)12(13(14)16)8-9-17-2/h3-7,12H,8-10H2,1-2H3,(H2,14,16)/t12-/m0/s1. The third-order valence-electron chi connectivity index (χ3n) is 2.73. The number of nitrogens with zero attached hydrogens (tertiary/aromatic N) is 1. The number of hydrogen-bond donors (Lipinski definition) is 1. The highest BCUT2D eigenvalue weighted by atomic mass is 32.2. The van der Waals surface area contributed by atoms with E-state index in [2.05, 4.69) is 12.1 Å². The van der Waals surface area contributed by atoms with Gasteiger partial charge in [0.2, 0.25) is 5.91 Å². The highest BCUT2D eigenvalue weighted by molar-refractivity contribution is 7.98. The van der Waals surface area contributed by atoms with Crippen LogP contribution in [0, 0.1) is 0 Å². The first-order valence-electron chi connectivity index (χ1n) is 5.67. The Bertz CT molecular complexity index is 343. The summed E-state index contributed by atoms with van der Waals surface area (Å²) in [6, 6.07) is 9.94. The van der Waals surface area contributed by atoms with Crippen molar-refractivity contribution in [3.05, 3.63) is 35.9 Å². The number of thioether (sulfide) groups is 1. The summed E-state index contributed by atoms with van der Waals surface area (Å²) in [5, 5.41) is 0. The molecule has 0 heterocycles. The monoisotopic (exact) mass is 252 g/mol. The zero-order valence-electron chi connectivity index (χ0n) is 10.4. The predicted molar refractivity (Wildman–Crippen MR) is 73.9 cm³/mol. The molecule has 0 unspecified atom stereocenters. The molecule has 2 N–H and O–H groups in total. The van der Waals surface area contributed by atoms with Crippen LogP contribution >= 0.6 is 11.8 Å². The van der Waals surface area contributed by atoms with Gasteiger partial charge in [-0.15, -0.1) is 0 Å². The molecule has 0 radical (unpaired) electrons. The average Bonchev–Trinajstić information content (AvgIpc) is 2.30. The van der Waals surface area contributed by atoms with Crippen LogP contribution in [0.25, 0.3) is 0 Å². The molecule has 0 bridgehead atoms. The lowest BCUT2D eigenvalue weighted by Gasteiger charge is -2.25. The van der Waals surface area contributed by atoms with Crippen molar-refractivity contribution in [3.63, 3.8) is 0 Å². The Labute approximate surface area is 107 Å². The minimum absolute atomic E-state index is 0.178. The van der Waals surface area contributed by atoms with Gasteiger partial charge in [0, 0.05) is 6.54 Å². The molecule has 0 aliphatic carbocycles. The van der Waals surface area contributed by atoms with E-state index in [1.54, 1.807) is 11.8 Å². The van der Waals surface area contributed by atoms with Crippen LogP contribution in [-0.4, -0.2) is 35.9 Å². The zero-order valence-corrected chi connectivity index (χ0v) is 11.2. The van der Waals surface area contributed by atoms with Crippen molar-refractivity contribution in [1.29, 1.82) is 0 Å². The molecule has 0 aliphatic rings. The quantitative estimate of drug-likeness (QED) is 0.804. The molecule has 0 fully saturated rings. The average molecular weight is 252 g/mol. The van der Waals surface area contributed by atoms with Gasteiger partial charge >= 0.3 is 0 Å². The lowest BCUT2D eigenvalue weighted by atomic mass is 10.1. The Morgan fingerprint density at radius 3 is 2.59 bits per heavy atom. The van der Waals surface area contributed by atoms with E-state index in [1.165, 1.54) is 5.56 Å². The fourth-order valence-electron chi connectivity index (χ4n) is 1.79. The van der Waals surface area contributed by atoms with Crippen molar-refractivity contribution in [3.8, 4) is 0 Å². The van der Waals surface area contributed by atoms with Gasteiger partial charge in [0.05, 0.1) is 6.04 Å². The molecule has 1 aromatic rings. The summed E-state index contributed by atoms with van der Waals surface area (Å²) < 4.78 is 0. The summed E-state index contributed by atoms with van der Waals surface area (Å²) >= 11 is 1.74. The Balaban J connectivity index is 2.59. The fourth-order valence-corrected chi connectivity index (χ4v) is 2.25. The summed E-state index contributed by atoms with van der Waals surface area (Å²) in [4.78, 5) is 13.4. The highest BCUT2D eigenvalue weighted by Crippen LogP contribution is 2.10.